The van der Waals surface area contributed by atoms with Crippen LogP contribution in [0.3, 0.4) is 0 Å². The molecule has 0 radical (unpaired) electrons. The summed E-state index contributed by atoms with van der Waals surface area (Å²) in [5.74, 6) is 1.53. The van der Waals surface area contributed by atoms with Gasteiger partial charge in [-0.3, -0.25) is 0 Å². The zero-order valence-corrected chi connectivity index (χ0v) is 15.1. The average Bonchev–Trinajstić information content (AvgIpc) is 2.54. The fourth-order valence-corrected chi connectivity index (χ4v) is 3.63. The molecule has 132 valence electrons. The largest absolute Gasteiger partial charge is 0.379 e. The summed E-state index contributed by atoms with van der Waals surface area (Å²) >= 11 is 0. The topological polar surface area (TPSA) is 44.5 Å². The van der Waals surface area contributed by atoms with Crippen LogP contribution in [0.15, 0.2) is 0 Å². The van der Waals surface area contributed by atoms with Crippen LogP contribution in [0.1, 0.15) is 71.1 Å². The van der Waals surface area contributed by atoms with Gasteiger partial charge in [0.15, 0.2) is 0 Å². The molecule has 0 aromatic heterocycles. The van der Waals surface area contributed by atoms with E-state index < -0.39 is 0 Å². The molecule has 0 aromatic carbocycles. The molecule has 2 fully saturated rings. The summed E-state index contributed by atoms with van der Waals surface area (Å²) in [6, 6.07) is 0.0113. The van der Waals surface area contributed by atoms with Gasteiger partial charge in [-0.1, -0.05) is 38.5 Å². The van der Waals surface area contributed by atoms with Gasteiger partial charge in [0.25, 0.3) is 0 Å². The number of rotatable bonds is 8. The van der Waals surface area contributed by atoms with Gasteiger partial charge in [0.05, 0.1) is 18.8 Å². The Balaban J connectivity index is 0.00000242. The molecule has 2 rings (SSSR count). The molecule has 2 N–H and O–H groups in total. The highest BCUT2D eigenvalue weighted by atomic mass is 35.5. The molecule has 0 aliphatic heterocycles. The average molecular weight is 334 g/mol. The van der Waals surface area contributed by atoms with Crippen molar-refractivity contribution in [3.8, 4) is 0 Å². The Kier molecular flexibility index (Phi) is 10.7. The van der Waals surface area contributed by atoms with Crippen LogP contribution in [-0.2, 0) is 9.47 Å². The third-order valence-electron chi connectivity index (χ3n) is 5.31. The monoisotopic (exact) mass is 333 g/mol. The molecular formula is C18H36ClNO2. The lowest BCUT2D eigenvalue weighted by molar-refractivity contribution is -0.0108. The molecule has 22 heavy (non-hydrogen) atoms. The Labute approximate surface area is 143 Å². The normalized spacial score (nSPS) is 23.7. The SMILES string of the molecule is C[C@@H](OCC1CCCCC1)[C@H](N)COCC1CCCCC1.Cl. The predicted molar refractivity (Wildman–Crippen MR) is 94.6 cm³/mol. The van der Waals surface area contributed by atoms with Crippen LogP contribution in [-0.4, -0.2) is 32.0 Å². The van der Waals surface area contributed by atoms with Crippen LogP contribution in [0.2, 0.25) is 0 Å². The van der Waals surface area contributed by atoms with Gasteiger partial charge in [-0.25, -0.2) is 0 Å². The van der Waals surface area contributed by atoms with Crippen LogP contribution in [0, 0.1) is 11.8 Å². The highest BCUT2D eigenvalue weighted by Gasteiger charge is 2.19. The molecule has 2 aliphatic carbocycles. The van der Waals surface area contributed by atoms with Crippen LogP contribution >= 0.6 is 12.4 Å². The standard InChI is InChI=1S/C18H35NO2.ClH/c1-15(21-13-17-10-6-3-7-11-17)18(19)14-20-12-16-8-4-2-5-9-16;/h15-18H,2-14,19H2,1H3;1H/t15-,18-;/m1./s1. The smallest absolute Gasteiger partial charge is 0.0720 e. The second-order valence-electron chi connectivity index (χ2n) is 7.25. The number of ether oxygens (including phenoxy) is 2. The molecular weight excluding hydrogens is 298 g/mol. The van der Waals surface area contributed by atoms with Crippen molar-refractivity contribution >= 4 is 12.4 Å². The first kappa shape index (κ1) is 20.2. The molecule has 0 bridgehead atoms. The van der Waals surface area contributed by atoms with Crippen LogP contribution < -0.4 is 5.73 Å². The minimum Gasteiger partial charge on any atom is -0.379 e. The number of nitrogens with two attached hydrogens (primary N) is 1. The minimum atomic E-state index is 0. The Morgan fingerprint density at radius 2 is 1.36 bits per heavy atom. The van der Waals surface area contributed by atoms with E-state index >= 15 is 0 Å². The molecule has 0 amide bonds. The summed E-state index contributed by atoms with van der Waals surface area (Å²) in [4.78, 5) is 0. The third-order valence-corrected chi connectivity index (χ3v) is 5.31. The van der Waals surface area contributed by atoms with Crippen molar-refractivity contribution in [1.82, 2.24) is 0 Å². The van der Waals surface area contributed by atoms with Gasteiger partial charge in [0.2, 0.25) is 0 Å². The van der Waals surface area contributed by atoms with E-state index in [1.807, 2.05) is 0 Å². The molecule has 2 saturated carbocycles. The van der Waals surface area contributed by atoms with E-state index in [0.29, 0.717) is 6.61 Å². The summed E-state index contributed by atoms with van der Waals surface area (Å²) in [7, 11) is 0. The third kappa shape index (κ3) is 7.63. The molecule has 0 spiro atoms. The first-order valence-corrected chi connectivity index (χ1v) is 9.20. The zero-order chi connectivity index (χ0) is 14.9. The van der Waals surface area contributed by atoms with Gasteiger partial charge in [-0.2, -0.15) is 0 Å². The van der Waals surface area contributed by atoms with Crippen molar-refractivity contribution < 1.29 is 9.47 Å². The molecule has 0 unspecified atom stereocenters. The molecule has 4 heteroatoms. The van der Waals surface area contributed by atoms with Gasteiger partial charge in [0.1, 0.15) is 0 Å². The van der Waals surface area contributed by atoms with Crippen molar-refractivity contribution in [3.05, 3.63) is 0 Å². The predicted octanol–water partition coefficient (Wildman–Crippen LogP) is 4.32. The lowest BCUT2D eigenvalue weighted by Crippen LogP contribution is -2.40. The van der Waals surface area contributed by atoms with Gasteiger partial charge in [-0.05, 0) is 44.4 Å². The fraction of sp³-hybridized carbons (Fsp3) is 1.00. The maximum Gasteiger partial charge on any atom is 0.0720 e. The Bertz CT molecular complexity index is 266. The molecule has 0 aromatic rings. The lowest BCUT2D eigenvalue weighted by Gasteiger charge is -2.27. The fourth-order valence-electron chi connectivity index (χ4n) is 3.63. The second kappa shape index (κ2) is 11.7. The van der Waals surface area contributed by atoms with Gasteiger partial charge < -0.3 is 15.2 Å². The lowest BCUT2D eigenvalue weighted by atomic mass is 9.90. The van der Waals surface area contributed by atoms with Crippen molar-refractivity contribution in [2.75, 3.05) is 19.8 Å². The number of halogens is 1. The maximum atomic E-state index is 6.20. The first-order valence-electron chi connectivity index (χ1n) is 9.20. The second-order valence-corrected chi connectivity index (χ2v) is 7.25. The summed E-state index contributed by atoms with van der Waals surface area (Å²) in [5.41, 5.74) is 6.20. The molecule has 2 aliphatic rings. The van der Waals surface area contributed by atoms with Gasteiger partial charge in [-0.15, -0.1) is 12.4 Å². The zero-order valence-electron chi connectivity index (χ0n) is 14.3. The van der Waals surface area contributed by atoms with Crippen molar-refractivity contribution in [2.45, 2.75) is 83.3 Å². The summed E-state index contributed by atoms with van der Waals surface area (Å²) in [5, 5.41) is 0. The molecule has 0 saturated heterocycles. The maximum absolute atomic E-state index is 6.20. The van der Waals surface area contributed by atoms with E-state index in [4.69, 9.17) is 15.2 Å². The Morgan fingerprint density at radius 1 is 0.864 bits per heavy atom. The van der Waals surface area contributed by atoms with E-state index in [2.05, 4.69) is 6.92 Å². The van der Waals surface area contributed by atoms with E-state index in [9.17, 15) is 0 Å². The van der Waals surface area contributed by atoms with E-state index in [1.165, 1.54) is 64.2 Å². The quantitative estimate of drug-likeness (QED) is 0.719. The van der Waals surface area contributed by atoms with Crippen LogP contribution in [0.25, 0.3) is 0 Å². The van der Waals surface area contributed by atoms with Crippen molar-refractivity contribution in [1.29, 1.82) is 0 Å². The summed E-state index contributed by atoms with van der Waals surface area (Å²) in [6.45, 7) is 4.51. The highest BCUT2D eigenvalue weighted by molar-refractivity contribution is 5.85. The van der Waals surface area contributed by atoms with E-state index in [0.717, 1.165) is 25.0 Å². The number of hydrogen-bond acceptors (Lipinski definition) is 3. The molecule has 3 nitrogen and oxygen atoms in total. The van der Waals surface area contributed by atoms with E-state index in [-0.39, 0.29) is 24.6 Å². The Hall–Kier alpha value is 0.170. The van der Waals surface area contributed by atoms with Gasteiger partial charge >= 0.3 is 0 Å². The highest BCUT2D eigenvalue weighted by Crippen LogP contribution is 2.25. The number of hydrogen-bond donors (Lipinski definition) is 1. The summed E-state index contributed by atoms with van der Waals surface area (Å²) in [6.07, 6.45) is 13.8. The van der Waals surface area contributed by atoms with Crippen molar-refractivity contribution in [3.63, 3.8) is 0 Å². The molecule has 2 atom stereocenters. The minimum absolute atomic E-state index is 0. The van der Waals surface area contributed by atoms with Crippen LogP contribution in [0.5, 0.6) is 0 Å². The van der Waals surface area contributed by atoms with E-state index in [1.54, 1.807) is 0 Å². The van der Waals surface area contributed by atoms with Crippen LogP contribution in [0.4, 0.5) is 0 Å². The Morgan fingerprint density at radius 3 is 1.91 bits per heavy atom. The van der Waals surface area contributed by atoms with Crippen molar-refractivity contribution in [2.24, 2.45) is 17.6 Å². The molecule has 0 heterocycles. The first-order chi connectivity index (χ1) is 10.3. The summed E-state index contributed by atoms with van der Waals surface area (Å²) < 4.78 is 11.8. The van der Waals surface area contributed by atoms with Gasteiger partial charge in [0, 0.05) is 13.2 Å².